The number of nitrogens with one attached hydrogen (secondary N) is 1. The molecule has 224 valence electrons. The minimum atomic E-state index is -0.513. The van der Waals surface area contributed by atoms with E-state index in [9.17, 15) is 0 Å². The SMILES string of the molecule is CCN(CC)c1ccc2c(c1)N=C(Nc1ccc(N(C)C)cc1)SC2(c1ccc(N(C)C)cc1)c1ccc(N(C)C)cc1. The Balaban J connectivity index is 1.72. The number of nitrogens with zero attached hydrogens (tertiary/aromatic N) is 5. The van der Waals surface area contributed by atoms with Crippen LogP contribution in [-0.4, -0.2) is 60.5 Å². The summed E-state index contributed by atoms with van der Waals surface area (Å²) in [5, 5.41) is 4.55. The van der Waals surface area contributed by atoms with Gasteiger partial charge in [-0.15, -0.1) is 0 Å². The zero-order valence-corrected chi connectivity index (χ0v) is 27.5. The summed E-state index contributed by atoms with van der Waals surface area (Å²) in [4.78, 5) is 14.0. The van der Waals surface area contributed by atoms with Crippen molar-refractivity contribution in [2.24, 2.45) is 4.99 Å². The van der Waals surface area contributed by atoms with E-state index in [4.69, 9.17) is 4.99 Å². The van der Waals surface area contributed by atoms with Crippen molar-refractivity contribution in [2.75, 3.05) is 80.3 Å². The van der Waals surface area contributed by atoms with Crippen LogP contribution in [0.1, 0.15) is 30.5 Å². The number of rotatable bonds is 9. The minimum absolute atomic E-state index is 0.513. The Labute approximate surface area is 262 Å². The first-order chi connectivity index (χ1) is 20.7. The van der Waals surface area contributed by atoms with Crippen molar-refractivity contribution in [1.82, 2.24) is 0 Å². The largest absolute Gasteiger partial charge is 0.378 e. The highest BCUT2D eigenvalue weighted by Gasteiger charge is 2.43. The Morgan fingerprint density at radius 1 is 0.605 bits per heavy atom. The van der Waals surface area contributed by atoms with E-state index in [1.807, 2.05) is 0 Å². The molecule has 1 heterocycles. The van der Waals surface area contributed by atoms with Gasteiger partial charge in [-0.25, -0.2) is 4.99 Å². The normalized spacial score (nSPS) is 13.5. The van der Waals surface area contributed by atoms with Crippen molar-refractivity contribution < 1.29 is 0 Å². The highest BCUT2D eigenvalue weighted by atomic mass is 32.2. The fourth-order valence-electron chi connectivity index (χ4n) is 5.63. The van der Waals surface area contributed by atoms with Gasteiger partial charge >= 0.3 is 0 Å². The highest BCUT2D eigenvalue weighted by molar-refractivity contribution is 8.15. The molecule has 0 aromatic heterocycles. The molecule has 0 saturated heterocycles. The number of hydrogen-bond acceptors (Lipinski definition) is 7. The van der Waals surface area contributed by atoms with Crippen molar-refractivity contribution >= 4 is 51.1 Å². The van der Waals surface area contributed by atoms with E-state index in [-0.39, 0.29) is 0 Å². The molecule has 1 aliphatic rings. The van der Waals surface area contributed by atoms with Gasteiger partial charge in [0.25, 0.3) is 0 Å². The Morgan fingerprint density at radius 2 is 1.05 bits per heavy atom. The van der Waals surface area contributed by atoms with Crippen LogP contribution in [-0.2, 0) is 4.75 Å². The lowest BCUT2D eigenvalue weighted by Crippen LogP contribution is -2.32. The maximum absolute atomic E-state index is 5.26. The third-order valence-electron chi connectivity index (χ3n) is 8.18. The van der Waals surface area contributed by atoms with Crippen LogP contribution in [0.5, 0.6) is 0 Å². The number of amidine groups is 1. The maximum atomic E-state index is 5.26. The average Bonchev–Trinajstić information content (AvgIpc) is 3.01. The van der Waals surface area contributed by atoms with E-state index in [1.165, 1.54) is 33.8 Å². The summed E-state index contributed by atoms with van der Waals surface area (Å²) in [6.45, 7) is 6.30. The molecule has 0 unspecified atom stereocenters. The highest BCUT2D eigenvalue weighted by Crippen LogP contribution is 2.55. The van der Waals surface area contributed by atoms with E-state index in [2.05, 4.69) is 172 Å². The molecule has 0 aliphatic carbocycles. The second kappa shape index (κ2) is 12.6. The molecule has 0 spiro atoms. The van der Waals surface area contributed by atoms with Crippen LogP contribution in [0.4, 0.5) is 34.1 Å². The van der Waals surface area contributed by atoms with Crippen LogP contribution in [0.2, 0.25) is 0 Å². The Morgan fingerprint density at radius 3 is 1.49 bits per heavy atom. The first-order valence-electron chi connectivity index (χ1n) is 14.9. The minimum Gasteiger partial charge on any atom is -0.378 e. The van der Waals surface area contributed by atoms with Gasteiger partial charge in [-0.05, 0) is 85.6 Å². The van der Waals surface area contributed by atoms with E-state index >= 15 is 0 Å². The molecular formula is C36H44N6S. The van der Waals surface area contributed by atoms with Crippen LogP contribution in [0.25, 0.3) is 0 Å². The molecular weight excluding hydrogens is 549 g/mol. The van der Waals surface area contributed by atoms with Crippen molar-refractivity contribution in [3.05, 3.63) is 108 Å². The third kappa shape index (κ3) is 6.04. The van der Waals surface area contributed by atoms with E-state index in [0.29, 0.717) is 0 Å². The molecule has 0 atom stereocenters. The molecule has 0 saturated carbocycles. The molecule has 43 heavy (non-hydrogen) atoms. The first kappa shape index (κ1) is 30.4. The van der Waals surface area contributed by atoms with Gasteiger partial charge in [0.05, 0.1) is 5.69 Å². The Hall–Kier alpha value is -4.10. The predicted octanol–water partition coefficient (Wildman–Crippen LogP) is 7.87. The smallest absolute Gasteiger partial charge is 0.167 e. The van der Waals surface area contributed by atoms with Crippen molar-refractivity contribution in [3.8, 4) is 0 Å². The molecule has 1 N–H and O–H groups in total. The molecule has 5 rings (SSSR count). The number of hydrogen-bond donors (Lipinski definition) is 1. The van der Waals surface area contributed by atoms with Crippen LogP contribution < -0.4 is 24.9 Å². The van der Waals surface area contributed by atoms with Crippen molar-refractivity contribution in [1.29, 1.82) is 0 Å². The van der Waals surface area contributed by atoms with Gasteiger partial charge in [0, 0.05) is 89.4 Å². The molecule has 4 aromatic rings. The van der Waals surface area contributed by atoms with Crippen LogP contribution in [0.15, 0.2) is 96.0 Å². The second-order valence-corrected chi connectivity index (χ2v) is 12.7. The van der Waals surface area contributed by atoms with Gasteiger partial charge in [0.2, 0.25) is 0 Å². The van der Waals surface area contributed by atoms with Gasteiger partial charge in [-0.2, -0.15) is 0 Å². The summed E-state index contributed by atoms with van der Waals surface area (Å²) in [6.07, 6.45) is 0. The summed E-state index contributed by atoms with van der Waals surface area (Å²) in [6, 6.07) is 33.3. The fourth-order valence-corrected chi connectivity index (χ4v) is 7.03. The Kier molecular flexibility index (Phi) is 8.92. The number of aliphatic imine (C=N–C) groups is 1. The summed E-state index contributed by atoms with van der Waals surface area (Å²) >= 11 is 1.78. The predicted molar refractivity (Wildman–Crippen MR) is 191 cm³/mol. The lowest BCUT2D eigenvalue weighted by atomic mass is 9.82. The lowest BCUT2D eigenvalue weighted by Gasteiger charge is -2.39. The first-order valence-corrected chi connectivity index (χ1v) is 15.7. The average molecular weight is 593 g/mol. The fraction of sp³-hybridized carbons (Fsp3) is 0.306. The standard InChI is InChI=1S/C36H44N6S/c1-9-42(10-2)32-23-24-33-34(25-32)38-35(37-28-15-21-31(22-16-28)41(7)8)43-36(33,26-11-17-29(18-12-26)39(3)4)27-13-19-30(20-14-27)40(5)6/h11-25H,9-10H2,1-8H3,(H,37,38). The zero-order chi connectivity index (χ0) is 30.7. The van der Waals surface area contributed by atoms with Gasteiger partial charge < -0.3 is 24.9 Å². The summed E-state index contributed by atoms with van der Waals surface area (Å²) in [5.74, 6) is 0. The molecule has 0 amide bonds. The van der Waals surface area contributed by atoms with Crippen molar-refractivity contribution in [3.63, 3.8) is 0 Å². The zero-order valence-electron chi connectivity index (χ0n) is 26.7. The Bertz CT molecular complexity index is 1500. The third-order valence-corrected chi connectivity index (χ3v) is 9.56. The van der Waals surface area contributed by atoms with Crippen LogP contribution in [0, 0.1) is 0 Å². The van der Waals surface area contributed by atoms with E-state index in [1.54, 1.807) is 11.8 Å². The molecule has 1 aliphatic heterocycles. The number of benzene rings is 4. The van der Waals surface area contributed by atoms with E-state index in [0.717, 1.165) is 35.3 Å². The van der Waals surface area contributed by atoms with Crippen molar-refractivity contribution in [2.45, 2.75) is 18.6 Å². The monoisotopic (exact) mass is 592 g/mol. The van der Waals surface area contributed by atoms with Gasteiger partial charge in [-0.3, -0.25) is 0 Å². The van der Waals surface area contributed by atoms with Gasteiger partial charge in [0.15, 0.2) is 5.17 Å². The summed E-state index contributed by atoms with van der Waals surface area (Å²) < 4.78 is -0.513. The van der Waals surface area contributed by atoms with Crippen LogP contribution >= 0.6 is 11.8 Å². The number of thioether (sulfide) groups is 1. The summed E-state index contributed by atoms with van der Waals surface area (Å²) in [5.41, 5.74) is 10.3. The van der Waals surface area contributed by atoms with Crippen LogP contribution in [0.3, 0.4) is 0 Å². The molecule has 7 heteroatoms. The number of fused-ring (bicyclic) bond motifs is 1. The lowest BCUT2D eigenvalue weighted by molar-refractivity contribution is 0.860. The second-order valence-electron chi connectivity index (χ2n) is 11.5. The quantitative estimate of drug-likeness (QED) is 0.213. The molecule has 4 aromatic carbocycles. The van der Waals surface area contributed by atoms with Gasteiger partial charge in [0.1, 0.15) is 4.75 Å². The topological polar surface area (TPSA) is 37.4 Å². The van der Waals surface area contributed by atoms with E-state index < -0.39 is 4.75 Å². The maximum Gasteiger partial charge on any atom is 0.167 e. The van der Waals surface area contributed by atoms with Gasteiger partial charge in [-0.1, -0.05) is 42.1 Å². The molecule has 0 bridgehead atoms. The molecule has 6 nitrogen and oxygen atoms in total. The number of anilines is 5. The molecule has 0 fully saturated rings. The summed E-state index contributed by atoms with van der Waals surface area (Å²) in [7, 11) is 12.5. The molecule has 0 radical (unpaired) electrons.